The summed E-state index contributed by atoms with van der Waals surface area (Å²) in [6, 6.07) is 13.6. The molecule has 0 aliphatic carbocycles. The minimum absolute atomic E-state index is 0.225. The second kappa shape index (κ2) is 4.82. The van der Waals surface area contributed by atoms with E-state index in [0.717, 1.165) is 16.2 Å². The van der Waals surface area contributed by atoms with Crippen molar-refractivity contribution in [2.24, 2.45) is 0 Å². The lowest BCUT2D eigenvalue weighted by Crippen LogP contribution is -1.82. The molecular formula is C14H11FN2S. The van der Waals surface area contributed by atoms with Crippen molar-refractivity contribution in [1.82, 2.24) is 10.2 Å². The molecule has 4 heteroatoms. The smallest absolute Gasteiger partial charge is 0.135 e. The second-order valence-electron chi connectivity index (χ2n) is 4.01. The normalized spacial score (nSPS) is 10.9. The van der Waals surface area contributed by atoms with Crippen molar-refractivity contribution < 1.29 is 4.39 Å². The molecule has 0 saturated carbocycles. The van der Waals surface area contributed by atoms with Crippen LogP contribution in [0.4, 0.5) is 4.39 Å². The van der Waals surface area contributed by atoms with Gasteiger partial charge in [-0.2, -0.15) is 5.10 Å². The Hall–Kier alpha value is -1.81. The third-order valence-electron chi connectivity index (χ3n) is 2.73. The maximum Gasteiger partial charge on any atom is 0.135 e. The number of hydrogen-bond acceptors (Lipinski definition) is 2. The van der Waals surface area contributed by atoms with Crippen LogP contribution in [-0.4, -0.2) is 10.2 Å². The summed E-state index contributed by atoms with van der Waals surface area (Å²) in [5.74, 6) is 0.608. The summed E-state index contributed by atoms with van der Waals surface area (Å²) >= 11 is 1.62. The van der Waals surface area contributed by atoms with Gasteiger partial charge in [-0.1, -0.05) is 30.3 Å². The Labute approximate surface area is 108 Å². The Balaban J connectivity index is 1.82. The van der Waals surface area contributed by atoms with Gasteiger partial charge in [0.15, 0.2) is 0 Å². The lowest BCUT2D eigenvalue weighted by molar-refractivity contribution is 0.636. The average molecular weight is 258 g/mol. The molecule has 0 atom stereocenters. The average Bonchev–Trinajstić information content (AvgIpc) is 2.86. The summed E-state index contributed by atoms with van der Waals surface area (Å²) in [7, 11) is 0. The van der Waals surface area contributed by atoms with Gasteiger partial charge in [0.2, 0.25) is 0 Å². The van der Waals surface area contributed by atoms with Crippen LogP contribution in [0, 0.1) is 5.82 Å². The highest BCUT2D eigenvalue weighted by Crippen LogP contribution is 2.27. The van der Waals surface area contributed by atoms with Crippen LogP contribution in [0.3, 0.4) is 0 Å². The number of nitrogens with one attached hydrogen (secondary N) is 1. The Morgan fingerprint density at radius 1 is 1.17 bits per heavy atom. The van der Waals surface area contributed by atoms with E-state index in [2.05, 4.69) is 22.3 Å². The van der Waals surface area contributed by atoms with Crippen LogP contribution < -0.4 is 0 Å². The molecule has 90 valence electrons. The van der Waals surface area contributed by atoms with Gasteiger partial charge in [-0.05, 0) is 17.7 Å². The Kier molecular flexibility index (Phi) is 3.02. The van der Waals surface area contributed by atoms with E-state index in [0.29, 0.717) is 5.39 Å². The highest BCUT2D eigenvalue weighted by Gasteiger charge is 2.06. The van der Waals surface area contributed by atoms with Crippen LogP contribution in [0.15, 0.2) is 53.6 Å². The van der Waals surface area contributed by atoms with Crippen LogP contribution >= 0.6 is 11.8 Å². The zero-order valence-corrected chi connectivity index (χ0v) is 10.4. The highest BCUT2D eigenvalue weighted by molar-refractivity contribution is 7.98. The van der Waals surface area contributed by atoms with Crippen LogP contribution in [0.1, 0.15) is 5.56 Å². The first-order valence-electron chi connectivity index (χ1n) is 5.62. The lowest BCUT2D eigenvalue weighted by Gasteiger charge is -2.03. The fourth-order valence-electron chi connectivity index (χ4n) is 1.81. The molecule has 1 heterocycles. The monoisotopic (exact) mass is 258 g/mol. The molecule has 1 aromatic heterocycles. The molecule has 0 radical (unpaired) electrons. The maximum absolute atomic E-state index is 13.7. The van der Waals surface area contributed by atoms with Crippen LogP contribution in [0.25, 0.3) is 10.9 Å². The first-order chi connectivity index (χ1) is 8.83. The molecule has 0 aliphatic rings. The molecule has 3 aromatic rings. The van der Waals surface area contributed by atoms with E-state index in [1.54, 1.807) is 17.8 Å². The summed E-state index contributed by atoms with van der Waals surface area (Å²) < 4.78 is 13.7. The molecule has 3 rings (SSSR count). The number of fused-ring (bicyclic) bond motifs is 1. The van der Waals surface area contributed by atoms with Gasteiger partial charge in [-0.3, -0.25) is 5.10 Å². The van der Waals surface area contributed by atoms with Crippen molar-refractivity contribution in [2.45, 2.75) is 10.6 Å². The molecule has 18 heavy (non-hydrogen) atoms. The predicted molar refractivity (Wildman–Crippen MR) is 72.1 cm³/mol. The van der Waals surface area contributed by atoms with E-state index in [4.69, 9.17) is 0 Å². The van der Waals surface area contributed by atoms with Gasteiger partial charge in [0.1, 0.15) is 5.82 Å². The molecule has 0 unspecified atom stereocenters. The largest absolute Gasteiger partial charge is 0.278 e. The maximum atomic E-state index is 13.7. The minimum Gasteiger partial charge on any atom is -0.278 e. The van der Waals surface area contributed by atoms with Crippen molar-refractivity contribution in [3.63, 3.8) is 0 Å². The molecule has 0 bridgehead atoms. The fourth-order valence-corrected chi connectivity index (χ4v) is 2.72. The number of H-pyrrole nitrogens is 1. The topological polar surface area (TPSA) is 28.7 Å². The van der Waals surface area contributed by atoms with Crippen molar-refractivity contribution in [1.29, 1.82) is 0 Å². The number of rotatable bonds is 3. The third-order valence-corrected chi connectivity index (χ3v) is 3.78. The molecule has 2 nitrogen and oxygen atoms in total. The number of thioether (sulfide) groups is 1. The molecule has 0 aliphatic heterocycles. The number of benzene rings is 2. The Bertz CT molecular complexity index is 664. The van der Waals surface area contributed by atoms with E-state index in [1.807, 2.05) is 24.3 Å². The summed E-state index contributed by atoms with van der Waals surface area (Å²) in [5, 5.41) is 7.18. The second-order valence-corrected chi connectivity index (χ2v) is 5.06. The SMILES string of the molecule is Fc1cc(SCc2ccccc2)cc2[nH]ncc12. The van der Waals surface area contributed by atoms with Crippen molar-refractivity contribution in [3.05, 3.63) is 60.0 Å². The van der Waals surface area contributed by atoms with Crippen molar-refractivity contribution in [3.8, 4) is 0 Å². The number of aromatic amines is 1. The third kappa shape index (κ3) is 2.24. The lowest BCUT2D eigenvalue weighted by atomic mass is 10.2. The van der Waals surface area contributed by atoms with E-state index in [9.17, 15) is 4.39 Å². The molecule has 1 N–H and O–H groups in total. The molecule has 0 fully saturated rings. The van der Waals surface area contributed by atoms with E-state index in [-0.39, 0.29) is 5.82 Å². The number of halogens is 1. The Morgan fingerprint density at radius 3 is 2.83 bits per heavy atom. The van der Waals surface area contributed by atoms with Gasteiger partial charge >= 0.3 is 0 Å². The molecular weight excluding hydrogens is 247 g/mol. The molecule has 0 saturated heterocycles. The molecule has 0 amide bonds. The number of hydrogen-bond donors (Lipinski definition) is 1. The van der Waals surface area contributed by atoms with Crippen molar-refractivity contribution >= 4 is 22.7 Å². The van der Waals surface area contributed by atoms with E-state index >= 15 is 0 Å². The molecule has 2 aromatic carbocycles. The van der Waals surface area contributed by atoms with Crippen LogP contribution in [0.5, 0.6) is 0 Å². The van der Waals surface area contributed by atoms with Crippen molar-refractivity contribution in [2.75, 3.05) is 0 Å². The first kappa shape index (κ1) is 11.3. The number of nitrogens with zero attached hydrogens (tertiary/aromatic N) is 1. The zero-order chi connectivity index (χ0) is 12.4. The predicted octanol–water partition coefficient (Wildman–Crippen LogP) is 3.99. The van der Waals surface area contributed by atoms with E-state index in [1.165, 1.54) is 11.8 Å². The standard InChI is InChI=1S/C14H11FN2S/c15-13-6-11(7-14-12(13)8-16-17-14)18-9-10-4-2-1-3-5-10/h1-8H,9H2,(H,16,17). The Morgan fingerprint density at radius 2 is 2.00 bits per heavy atom. The van der Waals surface area contributed by atoms with Gasteiger partial charge in [-0.15, -0.1) is 11.8 Å². The van der Waals surface area contributed by atoms with Gasteiger partial charge in [0.05, 0.1) is 17.1 Å². The van der Waals surface area contributed by atoms with Crippen LogP contribution in [-0.2, 0) is 5.75 Å². The van der Waals surface area contributed by atoms with Crippen LogP contribution in [0.2, 0.25) is 0 Å². The summed E-state index contributed by atoms with van der Waals surface area (Å²) in [6.07, 6.45) is 1.51. The molecule has 0 spiro atoms. The van der Waals surface area contributed by atoms with Gasteiger partial charge in [-0.25, -0.2) is 4.39 Å². The zero-order valence-electron chi connectivity index (χ0n) is 9.56. The van der Waals surface area contributed by atoms with E-state index < -0.39 is 0 Å². The number of aromatic nitrogens is 2. The summed E-state index contributed by atoms with van der Waals surface area (Å²) in [6.45, 7) is 0. The summed E-state index contributed by atoms with van der Waals surface area (Å²) in [4.78, 5) is 0.910. The quantitative estimate of drug-likeness (QED) is 0.719. The van der Waals surface area contributed by atoms with Gasteiger partial charge in [0, 0.05) is 10.6 Å². The highest BCUT2D eigenvalue weighted by atomic mass is 32.2. The minimum atomic E-state index is -0.225. The van der Waals surface area contributed by atoms with Gasteiger partial charge in [0.25, 0.3) is 0 Å². The fraction of sp³-hybridized carbons (Fsp3) is 0.0714. The van der Waals surface area contributed by atoms with Gasteiger partial charge < -0.3 is 0 Å². The first-order valence-corrected chi connectivity index (χ1v) is 6.61. The summed E-state index contributed by atoms with van der Waals surface area (Å²) in [5.41, 5.74) is 1.97.